The first-order valence-corrected chi connectivity index (χ1v) is 9.28. The Hall–Kier alpha value is -2.61. The molecule has 0 heterocycles. The first-order valence-electron chi connectivity index (χ1n) is 8.75. The Balaban J connectivity index is -0.000000370. The van der Waals surface area contributed by atoms with Crippen molar-refractivity contribution < 1.29 is 38.1 Å². The maximum atomic E-state index is 11.0. The highest BCUT2D eigenvalue weighted by atomic mass is 35.5. The minimum Gasteiger partial charge on any atom is -0.466 e. The van der Waals surface area contributed by atoms with Gasteiger partial charge in [-0.1, -0.05) is 33.6 Å². The second kappa shape index (κ2) is 21.7. The molecule has 0 amide bonds. The van der Waals surface area contributed by atoms with Crippen LogP contribution in [0.2, 0.25) is 0 Å². The van der Waals surface area contributed by atoms with Crippen LogP contribution in [-0.4, -0.2) is 49.6 Å². The van der Waals surface area contributed by atoms with Crippen molar-refractivity contribution in [1.82, 2.24) is 0 Å². The van der Waals surface area contributed by atoms with Gasteiger partial charge in [0.1, 0.15) is 5.88 Å². The first kappa shape index (κ1) is 31.1. The highest BCUT2D eigenvalue weighted by Gasteiger charge is 2.12. The lowest BCUT2D eigenvalue weighted by Gasteiger charge is -2.04. The Morgan fingerprint density at radius 1 is 0.966 bits per heavy atom. The summed E-state index contributed by atoms with van der Waals surface area (Å²) in [5.41, 5.74) is 0.125. The topological polar surface area (TPSA) is 105 Å². The van der Waals surface area contributed by atoms with Gasteiger partial charge >= 0.3 is 23.9 Å². The third-order valence-electron chi connectivity index (χ3n) is 2.28. The van der Waals surface area contributed by atoms with Crippen molar-refractivity contribution in [3.8, 4) is 0 Å². The summed E-state index contributed by atoms with van der Waals surface area (Å²) in [6.07, 6.45) is 2.11. The Morgan fingerprint density at radius 3 is 1.86 bits per heavy atom. The second-order valence-electron chi connectivity index (χ2n) is 5.32. The average Bonchev–Trinajstić information content (AvgIpc) is 2.67. The van der Waals surface area contributed by atoms with E-state index in [1.807, 2.05) is 13.8 Å². The van der Waals surface area contributed by atoms with E-state index in [4.69, 9.17) is 16.3 Å². The number of hydrogen-bond donors (Lipinski definition) is 0. The third kappa shape index (κ3) is 25.4. The molecule has 0 rings (SSSR count). The molecule has 0 bridgehead atoms. The zero-order valence-corrected chi connectivity index (χ0v) is 18.3. The summed E-state index contributed by atoms with van der Waals surface area (Å²) in [6, 6.07) is 0. The Bertz CT molecular complexity index is 541. The second-order valence-corrected chi connectivity index (χ2v) is 5.59. The van der Waals surface area contributed by atoms with Gasteiger partial charge in [0.05, 0.1) is 32.5 Å². The van der Waals surface area contributed by atoms with Gasteiger partial charge < -0.3 is 18.9 Å². The quantitative estimate of drug-likeness (QED) is 0.169. The first-order chi connectivity index (χ1) is 13.6. The number of rotatable bonds is 10. The van der Waals surface area contributed by atoms with E-state index in [1.165, 1.54) is 6.08 Å². The van der Waals surface area contributed by atoms with Crippen molar-refractivity contribution in [2.45, 2.75) is 34.1 Å². The van der Waals surface area contributed by atoms with Crippen molar-refractivity contribution >= 4 is 35.5 Å². The minimum atomic E-state index is -0.546. The van der Waals surface area contributed by atoms with E-state index in [1.54, 1.807) is 13.8 Å². The van der Waals surface area contributed by atoms with Crippen molar-refractivity contribution in [1.29, 1.82) is 0 Å². The van der Waals surface area contributed by atoms with E-state index in [2.05, 4.69) is 33.9 Å². The van der Waals surface area contributed by atoms with E-state index in [9.17, 15) is 19.2 Å². The smallest absolute Gasteiger partial charge is 0.333 e. The minimum absolute atomic E-state index is 0.104. The molecule has 0 fully saturated rings. The fourth-order valence-electron chi connectivity index (χ4n) is 1.12. The van der Waals surface area contributed by atoms with Crippen molar-refractivity contribution in [3.63, 3.8) is 0 Å². The molecule has 0 radical (unpaired) electrons. The van der Waals surface area contributed by atoms with Crippen LogP contribution >= 0.6 is 11.6 Å². The lowest BCUT2D eigenvalue weighted by Crippen LogP contribution is -2.12. The van der Waals surface area contributed by atoms with E-state index in [0.29, 0.717) is 19.1 Å². The molecule has 0 unspecified atom stereocenters. The Kier molecular flexibility index (Phi) is 23.3. The number of carbonyl (C=O) groups excluding carboxylic acids is 4. The van der Waals surface area contributed by atoms with Gasteiger partial charge in [-0.25, -0.2) is 9.59 Å². The molecule has 0 aliphatic rings. The molecule has 0 aliphatic carbocycles. The van der Waals surface area contributed by atoms with Gasteiger partial charge in [0.2, 0.25) is 0 Å². The van der Waals surface area contributed by atoms with Gasteiger partial charge in [0, 0.05) is 11.6 Å². The Labute approximate surface area is 177 Å². The largest absolute Gasteiger partial charge is 0.466 e. The molecule has 0 aromatic carbocycles. The highest BCUT2D eigenvalue weighted by molar-refractivity contribution is 6.26. The van der Waals surface area contributed by atoms with Crippen LogP contribution in [0.15, 0.2) is 37.6 Å². The van der Waals surface area contributed by atoms with E-state index in [0.717, 1.165) is 6.26 Å². The molecular formula is C20H31ClO8. The molecule has 0 spiro atoms. The number of ether oxygens (including phenoxy) is 4. The van der Waals surface area contributed by atoms with Gasteiger partial charge in [-0.2, -0.15) is 0 Å². The standard InChI is InChI=1S/C9H14O4.C7H12O2.C4H5ClO2/c1-4-12-8(10)6-7(3)9(11)13-5-2;1-4-7(8)9-5-6(2)3;1-2-7-4(6)3-5/h3-6H2,1-2H3;4,6H,1,5H2,2-3H3;2H,1,3H2. The van der Waals surface area contributed by atoms with Crippen molar-refractivity contribution in [2.75, 3.05) is 25.7 Å². The van der Waals surface area contributed by atoms with Gasteiger partial charge in [-0.3, -0.25) is 9.59 Å². The van der Waals surface area contributed by atoms with Crippen LogP contribution in [0.25, 0.3) is 0 Å². The summed E-state index contributed by atoms with van der Waals surface area (Å²) < 4.78 is 18.1. The molecule has 0 saturated carbocycles. The summed E-state index contributed by atoms with van der Waals surface area (Å²) in [6.45, 7) is 18.2. The summed E-state index contributed by atoms with van der Waals surface area (Å²) >= 11 is 5.01. The monoisotopic (exact) mass is 434 g/mol. The van der Waals surface area contributed by atoms with Crippen molar-refractivity contribution in [3.05, 3.63) is 37.6 Å². The van der Waals surface area contributed by atoms with Crippen LogP contribution < -0.4 is 0 Å². The molecule has 8 nitrogen and oxygen atoms in total. The zero-order chi connectivity index (χ0) is 23.2. The van der Waals surface area contributed by atoms with Crippen molar-refractivity contribution in [2.24, 2.45) is 5.92 Å². The fraction of sp³-hybridized carbons (Fsp3) is 0.500. The fourth-order valence-corrected chi connectivity index (χ4v) is 1.19. The molecule has 9 heteroatoms. The lowest BCUT2D eigenvalue weighted by atomic mass is 10.2. The van der Waals surface area contributed by atoms with Crippen LogP contribution in [0.5, 0.6) is 0 Å². The molecule has 0 N–H and O–H groups in total. The predicted octanol–water partition coefficient (Wildman–Crippen LogP) is 3.34. The summed E-state index contributed by atoms with van der Waals surface area (Å²) in [7, 11) is 0. The van der Waals surface area contributed by atoms with E-state index < -0.39 is 17.9 Å². The maximum absolute atomic E-state index is 11.0. The predicted molar refractivity (Wildman–Crippen MR) is 110 cm³/mol. The maximum Gasteiger partial charge on any atom is 0.333 e. The van der Waals surface area contributed by atoms with Gasteiger partial charge in [-0.15, -0.1) is 11.6 Å². The van der Waals surface area contributed by atoms with Crippen LogP contribution in [0.4, 0.5) is 0 Å². The average molecular weight is 435 g/mol. The molecule has 0 atom stereocenters. The van der Waals surface area contributed by atoms with Gasteiger partial charge in [-0.05, 0) is 19.8 Å². The molecule has 0 aliphatic heterocycles. The molecule has 29 heavy (non-hydrogen) atoms. The van der Waals surface area contributed by atoms with Crippen LogP contribution in [0.1, 0.15) is 34.1 Å². The van der Waals surface area contributed by atoms with Crippen LogP contribution in [-0.2, 0) is 38.1 Å². The van der Waals surface area contributed by atoms with Crippen LogP contribution in [0, 0.1) is 5.92 Å². The number of alkyl halides is 1. The summed E-state index contributed by atoms with van der Waals surface area (Å²) in [5, 5.41) is 0. The third-order valence-corrected chi connectivity index (χ3v) is 2.49. The molecular weight excluding hydrogens is 404 g/mol. The number of carbonyl (C=O) groups is 4. The molecule has 0 aromatic rings. The van der Waals surface area contributed by atoms with E-state index >= 15 is 0 Å². The molecule has 0 saturated heterocycles. The highest BCUT2D eigenvalue weighted by Crippen LogP contribution is 2.02. The molecule has 0 aromatic heterocycles. The molecule has 166 valence electrons. The SMILES string of the molecule is C=C(CC(=O)OCC)C(=O)OCC.C=CC(=O)OCC(C)C.C=COC(=O)CCl. The summed E-state index contributed by atoms with van der Waals surface area (Å²) in [4.78, 5) is 42.2. The lowest BCUT2D eigenvalue weighted by molar-refractivity contribution is -0.145. The summed E-state index contributed by atoms with van der Waals surface area (Å²) in [5.74, 6) is -1.54. The number of esters is 4. The van der Waals surface area contributed by atoms with Crippen LogP contribution in [0.3, 0.4) is 0 Å². The van der Waals surface area contributed by atoms with Gasteiger partial charge in [0.15, 0.2) is 0 Å². The number of hydrogen-bond acceptors (Lipinski definition) is 8. The van der Waals surface area contributed by atoms with Gasteiger partial charge in [0.25, 0.3) is 0 Å². The zero-order valence-electron chi connectivity index (χ0n) is 17.5. The normalized spacial score (nSPS) is 8.76. The number of halogens is 1. The van der Waals surface area contributed by atoms with E-state index in [-0.39, 0.29) is 30.5 Å². The Morgan fingerprint density at radius 2 is 1.52 bits per heavy atom.